The molecule has 3 aliphatic rings. The van der Waals surface area contributed by atoms with Crippen LogP contribution in [0.3, 0.4) is 0 Å². The van der Waals surface area contributed by atoms with Crippen LogP contribution < -0.4 is 10.2 Å². The van der Waals surface area contributed by atoms with E-state index in [0.717, 1.165) is 44.2 Å². The Hall–Kier alpha value is -1.82. The number of hydrogen-bond donors (Lipinski definition) is 1. The van der Waals surface area contributed by atoms with Crippen molar-refractivity contribution >= 4 is 17.5 Å². The van der Waals surface area contributed by atoms with Gasteiger partial charge in [0, 0.05) is 50.2 Å². The molecule has 4 heterocycles. The SMILES string of the molecule is CN1CC[C@@H]2CN(C(=O)Nc3ccnc(N4CCCCC4)c3)C[C@@H]21. The van der Waals surface area contributed by atoms with Crippen molar-refractivity contribution in [2.24, 2.45) is 5.92 Å². The minimum atomic E-state index is 0.0218. The maximum absolute atomic E-state index is 12.6. The first-order chi connectivity index (χ1) is 11.7. The van der Waals surface area contributed by atoms with E-state index in [1.165, 1.54) is 25.7 Å². The average molecular weight is 329 g/mol. The number of pyridine rings is 1. The maximum atomic E-state index is 12.6. The number of urea groups is 1. The summed E-state index contributed by atoms with van der Waals surface area (Å²) in [6.45, 7) is 5.01. The van der Waals surface area contributed by atoms with E-state index < -0.39 is 0 Å². The predicted molar refractivity (Wildman–Crippen MR) is 95.4 cm³/mol. The number of likely N-dealkylation sites (N-methyl/N-ethyl adjacent to an activating group) is 1. The van der Waals surface area contributed by atoms with Gasteiger partial charge in [0.15, 0.2) is 0 Å². The lowest BCUT2D eigenvalue weighted by Crippen LogP contribution is -2.37. The van der Waals surface area contributed by atoms with E-state index in [4.69, 9.17) is 0 Å². The van der Waals surface area contributed by atoms with Crippen molar-refractivity contribution in [2.75, 3.05) is 50.0 Å². The number of amides is 2. The van der Waals surface area contributed by atoms with Crippen molar-refractivity contribution in [1.82, 2.24) is 14.8 Å². The Bertz CT molecular complexity index is 601. The lowest BCUT2D eigenvalue weighted by atomic mass is 10.1. The third-order valence-electron chi connectivity index (χ3n) is 5.79. The van der Waals surface area contributed by atoms with Crippen LogP contribution in [0, 0.1) is 5.92 Å². The van der Waals surface area contributed by atoms with Crippen LogP contribution in [0.2, 0.25) is 0 Å². The van der Waals surface area contributed by atoms with Gasteiger partial charge < -0.3 is 20.0 Å². The van der Waals surface area contributed by atoms with Crippen LogP contribution in [-0.2, 0) is 0 Å². The van der Waals surface area contributed by atoms with Crippen molar-refractivity contribution in [2.45, 2.75) is 31.7 Å². The second-order valence-corrected chi connectivity index (χ2v) is 7.38. The van der Waals surface area contributed by atoms with Gasteiger partial charge in [-0.25, -0.2) is 9.78 Å². The predicted octanol–water partition coefficient (Wildman–Crippen LogP) is 2.24. The van der Waals surface area contributed by atoms with Crippen molar-refractivity contribution in [1.29, 1.82) is 0 Å². The Labute approximate surface area is 143 Å². The van der Waals surface area contributed by atoms with Crippen molar-refractivity contribution in [3.8, 4) is 0 Å². The molecule has 3 aliphatic heterocycles. The second kappa shape index (κ2) is 6.59. The van der Waals surface area contributed by atoms with Gasteiger partial charge in [-0.1, -0.05) is 0 Å². The van der Waals surface area contributed by atoms with E-state index in [-0.39, 0.29) is 6.03 Å². The molecule has 0 aromatic carbocycles. The highest BCUT2D eigenvalue weighted by Crippen LogP contribution is 2.30. The third kappa shape index (κ3) is 3.07. The summed E-state index contributed by atoms with van der Waals surface area (Å²) >= 11 is 0. The summed E-state index contributed by atoms with van der Waals surface area (Å²) in [5.41, 5.74) is 0.848. The fourth-order valence-electron chi connectivity index (χ4n) is 4.33. The summed E-state index contributed by atoms with van der Waals surface area (Å²) < 4.78 is 0. The first-order valence-electron chi connectivity index (χ1n) is 9.18. The molecular weight excluding hydrogens is 302 g/mol. The molecule has 2 atom stereocenters. The van der Waals surface area contributed by atoms with Crippen LogP contribution in [0.15, 0.2) is 18.3 Å². The van der Waals surface area contributed by atoms with Crippen LogP contribution in [-0.4, -0.2) is 66.6 Å². The Morgan fingerprint density at radius 1 is 1.21 bits per heavy atom. The lowest BCUT2D eigenvalue weighted by molar-refractivity contribution is 0.213. The zero-order valence-electron chi connectivity index (χ0n) is 14.4. The fourth-order valence-corrected chi connectivity index (χ4v) is 4.33. The highest BCUT2D eigenvalue weighted by molar-refractivity contribution is 5.90. The summed E-state index contributed by atoms with van der Waals surface area (Å²) in [4.78, 5) is 23.7. The summed E-state index contributed by atoms with van der Waals surface area (Å²) in [6, 6.07) is 4.45. The molecule has 1 aromatic heterocycles. The minimum Gasteiger partial charge on any atom is -0.357 e. The zero-order chi connectivity index (χ0) is 16.5. The van der Waals surface area contributed by atoms with Gasteiger partial charge >= 0.3 is 6.03 Å². The molecular formula is C18H27N5O. The number of nitrogens with one attached hydrogen (secondary N) is 1. The topological polar surface area (TPSA) is 51.7 Å². The normalized spacial score (nSPS) is 27.4. The number of rotatable bonds is 2. The van der Waals surface area contributed by atoms with E-state index in [2.05, 4.69) is 27.1 Å². The molecule has 6 heteroatoms. The Balaban J connectivity index is 1.39. The third-order valence-corrected chi connectivity index (χ3v) is 5.79. The summed E-state index contributed by atoms with van der Waals surface area (Å²) in [6.07, 6.45) is 6.76. The molecule has 1 N–H and O–H groups in total. The number of carbonyl (C=O) groups excluding carboxylic acids is 1. The Morgan fingerprint density at radius 2 is 2.04 bits per heavy atom. The van der Waals surface area contributed by atoms with Crippen LogP contribution in [0.4, 0.5) is 16.3 Å². The van der Waals surface area contributed by atoms with Crippen molar-refractivity contribution in [3.05, 3.63) is 18.3 Å². The number of piperidine rings is 1. The number of aromatic nitrogens is 1. The van der Waals surface area contributed by atoms with Crippen molar-refractivity contribution in [3.63, 3.8) is 0 Å². The number of likely N-dealkylation sites (tertiary alicyclic amines) is 2. The Morgan fingerprint density at radius 3 is 2.83 bits per heavy atom. The number of nitrogens with zero attached hydrogens (tertiary/aromatic N) is 4. The largest absolute Gasteiger partial charge is 0.357 e. The molecule has 0 bridgehead atoms. The molecule has 1 aromatic rings. The van der Waals surface area contributed by atoms with Gasteiger partial charge in [0.25, 0.3) is 0 Å². The summed E-state index contributed by atoms with van der Waals surface area (Å²) in [5.74, 6) is 1.62. The van der Waals surface area contributed by atoms with E-state index in [1.54, 1.807) is 6.20 Å². The summed E-state index contributed by atoms with van der Waals surface area (Å²) in [7, 11) is 2.17. The standard InChI is InChI=1S/C18H27N5O/c1-21-10-6-14-12-23(13-16(14)21)18(24)20-15-5-7-19-17(11-15)22-8-3-2-4-9-22/h5,7,11,14,16H,2-4,6,8-10,12-13H2,1H3,(H,19,20,24)/t14-,16+/m1/s1. The van der Waals surface area contributed by atoms with Crippen LogP contribution in [0.25, 0.3) is 0 Å². The van der Waals surface area contributed by atoms with E-state index in [0.29, 0.717) is 12.0 Å². The van der Waals surface area contributed by atoms with E-state index in [1.807, 2.05) is 17.0 Å². The van der Waals surface area contributed by atoms with Gasteiger partial charge in [-0.2, -0.15) is 0 Å². The highest BCUT2D eigenvalue weighted by atomic mass is 16.2. The van der Waals surface area contributed by atoms with Gasteiger partial charge in [-0.3, -0.25) is 0 Å². The highest BCUT2D eigenvalue weighted by Gasteiger charge is 2.41. The van der Waals surface area contributed by atoms with Crippen LogP contribution in [0.5, 0.6) is 0 Å². The van der Waals surface area contributed by atoms with Gasteiger partial charge in [0.05, 0.1) is 0 Å². The van der Waals surface area contributed by atoms with Crippen LogP contribution in [0.1, 0.15) is 25.7 Å². The first-order valence-corrected chi connectivity index (χ1v) is 9.18. The fraction of sp³-hybridized carbons (Fsp3) is 0.667. The number of anilines is 2. The molecule has 6 nitrogen and oxygen atoms in total. The maximum Gasteiger partial charge on any atom is 0.321 e. The van der Waals surface area contributed by atoms with Crippen molar-refractivity contribution < 1.29 is 4.79 Å². The number of carbonyl (C=O) groups is 1. The van der Waals surface area contributed by atoms with Gasteiger partial charge in [0.1, 0.15) is 5.82 Å². The second-order valence-electron chi connectivity index (χ2n) is 7.38. The smallest absolute Gasteiger partial charge is 0.321 e. The molecule has 130 valence electrons. The lowest BCUT2D eigenvalue weighted by Gasteiger charge is -2.28. The van der Waals surface area contributed by atoms with Crippen LogP contribution >= 0.6 is 0 Å². The molecule has 0 unspecified atom stereocenters. The molecule has 24 heavy (non-hydrogen) atoms. The molecule has 0 aliphatic carbocycles. The molecule has 4 rings (SSSR count). The molecule has 0 spiro atoms. The number of fused-ring (bicyclic) bond motifs is 1. The molecule has 0 radical (unpaired) electrons. The quantitative estimate of drug-likeness (QED) is 0.904. The zero-order valence-corrected chi connectivity index (χ0v) is 14.4. The molecule has 0 saturated carbocycles. The van der Waals surface area contributed by atoms with Gasteiger partial charge in [-0.05, 0) is 51.3 Å². The van der Waals surface area contributed by atoms with E-state index >= 15 is 0 Å². The minimum absolute atomic E-state index is 0.0218. The average Bonchev–Trinajstić information content (AvgIpc) is 3.18. The molecule has 2 amide bonds. The van der Waals surface area contributed by atoms with Gasteiger partial charge in [0.2, 0.25) is 0 Å². The molecule has 3 fully saturated rings. The van der Waals surface area contributed by atoms with E-state index in [9.17, 15) is 4.79 Å². The monoisotopic (exact) mass is 329 g/mol. The first kappa shape index (κ1) is 15.7. The van der Waals surface area contributed by atoms with Gasteiger partial charge in [-0.15, -0.1) is 0 Å². The summed E-state index contributed by atoms with van der Waals surface area (Å²) in [5, 5.41) is 3.07. The Kier molecular flexibility index (Phi) is 4.31. The molecule has 3 saturated heterocycles. The number of hydrogen-bond acceptors (Lipinski definition) is 4.